The van der Waals surface area contributed by atoms with Crippen molar-refractivity contribution in [2.45, 2.75) is 50.0 Å². The van der Waals surface area contributed by atoms with Gasteiger partial charge in [-0.25, -0.2) is 0 Å². The number of aromatic nitrogens is 2. The van der Waals surface area contributed by atoms with E-state index >= 15 is 0 Å². The number of amides is 2. The van der Waals surface area contributed by atoms with Crippen molar-refractivity contribution in [3.8, 4) is 0 Å². The molecule has 2 aromatic heterocycles. The van der Waals surface area contributed by atoms with E-state index in [4.69, 9.17) is 0 Å². The van der Waals surface area contributed by atoms with Crippen LogP contribution in [0.4, 0.5) is 0 Å². The first-order chi connectivity index (χ1) is 14.0. The Balaban J connectivity index is 0.000000171. The van der Waals surface area contributed by atoms with Gasteiger partial charge in [0.15, 0.2) is 0 Å². The van der Waals surface area contributed by atoms with Gasteiger partial charge in [0.2, 0.25) is 0 Å². The van der Waals surface area contributed by atoms with Crippen LogP contribution in [0, 0.1) is 0 Å². The molecule has 8 nitrogen and oxygen atoms in total. The van der Waals surface area contributed by atoms with Gasteiger partial charge in [0.1, 0.15) is 11.2 Å². The van der Waals surface area contributed by atoms with Crippen molar-refractivity contribution < 1.29 is 19.8 Å². The Morgan fingerprint density at radius 2 is 1.20 bits per heavy atom. The van der Waals surface area contributed by atoms with E-state index in [2.05, 4.69) is 9.97 Å². The molecule has 2 aromatic rings. The van der Waals surface area contributed by atoms with Gasteiger partial charge in [0, 0.05) is 51.7 Å². The van der Waals surface area contributed by atoms with Gasteiger partial charge < -0.3 is 20.0 Å². The first kappa shape index (κ1) is 21.9. The fraction of sp³-hybridized carbons (Fsp3) is 0.455. The zero-order valence-electron chi connectivity index (χ0n) is 17.7. The molecule has 0 saturated carbocycles. The Kier molecular flexibility index (Phi) is 5.92. The summed E-state index contributed by atoms with van der Waals surface area (Å²) < 4.78 is 0. The highest BCUT2D eigenvalue weighted by Crippen LogP contribution is 2.37. The van der Waals surface area contributed by atoms with E-state index in [-0.39, 0.29) is 23.9 Å². The number of hydrogen-bond donors (Lipinski definition) is 2. The van der Waals surface area contributed by atoms with Crippen molar-refractivity contribution in [2.75, 3.05) is 14.1 Å². The number of aliphatic hydroxyl groups is 2. The second kappa shape index (κ2) is 8.12. The van der Waals surface area contributed by atoms with Crippen molar-refractivity contribution in [3.05, 3.63) is 60.2 Å². The van der Waals surface area contributed by atoms with Crippen LogP contribution in [0.25, 0.3) is 0 Å². The monoisotopic (exact) mass is 412 g/mol. The first-order valence-electron chi connectivity index (χ1n) is 9.84. The van der Waals surface area contributed by atoms with Gasteiger partial charge in [0.25, 0.3) is 11.8 Å². The van der Waals surface area contributed by atoms with E-state index < -0.39 is 11.2 Å². The molecule has 0 unspecified atom stereocenters. The number of rotatable bonds is 2. The average molecular weight is 412 g/mol. The van der Waals surface area contributed by atoms with Crippen LogP contribution < -0.4 is 0 Å². The molecule has 160 valence electrons. The van der Waals surface area contributed by atoms with Crippen molar-refractivity contribution >= 4 is 11.8 Å². The highest BCUT2D eigenvalue weighted by atomic mass is 16.3. The standard InChI is InChI=1S/2C11H14N2O2/c2*1-11(15)6-9(13(2)10(11)14)8-4-3-5-12-7-8/h2*3-5,7,9,15H,6H2,1-2H3/t2*9-,11+/m11/s1. The van der Waals surface area contributed by atoms with Crippen LogP contribution in [0.15, 0.2) is 49.1 Å². The lowest BCUT2D eigenvalue weighted by Crippen LogP contribution is -2.35. The Labute approximate surface area is 176 Å². The molecule has 0 radical (unpaired) electrons. The fourth-order valence-corrected chi connectivity index (χ4v) is 4.07. The Morgan fingerprint density at radius 1 is 0.833 bits per heavy atom. The minimum atomic E-state index is -1.24. The second-order valence-corrected chi connectivity index (χ2v) is 8.39. The van der Waals surface area contributed by atoms with Gasteiger partial charge in [0.05, 0.1) is 12.1 Å². The summed E-state index contributed by atoms with van der Waals surface area (Å²) in [5.74, 6) is -0.451. The second-order valence-electron chi connectivity index (χ2n) is 8.39. The summed E-state index contributed by atoms with van der Waals surface area (Å²) in [4.78, 5) is 34.5. The SMILES string of the molecule is CN1C(=O)[C@@](C)(O)C[C@@H]1c1cccnc1.CN1C(=O)[C@@](C)(O)C[C@@H]1c1cccnc1. The maximum Gasteiger partial charge on any atom is 0.254 e. The fourth-order valence-electron chi connectivity index (χ4n) is 4.07. The molecule has 2 fully saturated rings. The van der Waals surface area contributed by atoms with Crippen molar-refractivity contribution in [1.29, 1.82) is 0 Å². The molecule has 30 heavy (non-hydrogen) atoms. The number of hydrogen-bond acceptors (Lipinski definition) is 6. The lowest BCUT2D eigenvalue weighted by Gasteiger charge is -2.18. The number of nitrogens with zero attached hydrogens (tertiary/aromatic N) is 4. The molecule has 4 rings (SSSR count). The smallest absolute Gasteiger partial charge is 0.254 e. The maximum atomic E-state index is 11.7. The highest BCUT2D eigenvalue weighted by Gasteiger charge is 2.46. The third-order valence-corrected chi connectivity index (χ3v) is 5.82. The van der Waals surface area contributed by atoms with Gasteiger partial charge >= 0.3 is 0 Å². The van der Waals surface area contributed by atoms with Crippen LogP contribution in [-0.2, 0) is 9.59 Å². The minimum Gasteiger partial charge on any atom is -0.380 e. The summed E-state index contributed by atoms with van der Waals surface area (Å²) in [5, 5.41) is 19.7. The third kappa shape index (κ3) is 4.20. The normalized spacial score (nSPS) is 31.0. The zero-order chi connectivity index (χ0) is 22.1. The molecule has 2 aliphatic heterocycles. The van der Waals surface area contributed by atoms with Crippen LogP contribution in [0.2, 0.25) is 0 Å². The van der Waals surface area contributed by atoms with Crippen LogP contribution in [-0.4, -0.2) is 67.1 Å². The van der Waals surface area contributed by atoms with Gasteiger partial charge in [-0.05, 0) is 37.1 Å². The molecule has 8 heteroatoms. The average Bonchev–Trinajstić information content (AvgIpc) is 3.08. The number of likely N-dealkylation sites (tertiary alicyclic amines) is 2. The summed E-state index contributed by atoms with van der Waals surface area (Å²) in [6.07, 6.45) is 7.70. The molecule has 0 aliphatic carbocycles. The molecule has 4 heterocycles. The molecule has 4 atom stereocenters. The molecule has 0 aromatic carbocycles. The van der Waals surface area contributed by atoms with Gasteiger partial charge in [-0.3, -0.25) is 19.6 Å². The molecule has 0 bridgehead atoms. The predicted molar refractivity (Wildman–Crippen MR) is 110 cm³/mol. The number of carbonyl (C=O) groups excluding carboxylic acids is 2. The van der Waals surface area contributed by atoms with Crippen molar-refractivity contribution in [3.63, 3.8) is 0 Å². The van der Waals surface area contributed by atoms with E-state index in [0.717, 1.165) is 11.1 Å². The molecule has 2 N–H and O–H groups in total. The highest BCUT2D eigenvalue weighted by molar-refractivity contribution is 5.87. The topological polar surface area (TPSA) is 107 Å². The van der Waals surface area contributed by atoms with Gasteiger partial charge in [-0.15, -0.1) is 0 Å². The Morgan fingerprint density at radius 3 is 1.43 bits per heavy atom. The van der Waals surface area contributed by atoms with Gasteiger partial charge in [-0.1, -0.05) is 12.1 Å². The summed E-state index contributed by atoms with van der Waals surface area (Å²) in [6.45, 7) is 3.12. The van der Waals surface area contributed by atoms with Crippen LogP contribution in [0.5, 0.6) is 0 Å². The molecule has 2 amide bonds. The summed E-state index contributed by atoms with van der Waals surface area (Å²) in [5.41, 5.74) is -0.554. The molecular weight excluding hydrogens is 384 g/mol. The van der Waals surface area contributed by atoms with Crippen LogP contribution in [0.1, 0.15) is 49.9 Å². The molecular formula is C22H28N4O4. The summed E-state index contributed by atoms with van der Waals surface area (Å²) in [7, 11) is 3.42. The van der Waals surface area contributed by atoms with E-state index in [1.807, 2.05) is 24.3 Å². The summed E-state index contributed by atoms with van der Waals surface area (Å²) in [6, 6.07) is 7.37. The molecule has 2 aliphatic rings. The zero-order valence-corrected chi connectivity index (χ0v) is 17.7. The largest absolute Gasteiger partial charge is 0.380 e. The molecule has 0 spiro atoms. The van der Waals surface area contributed by atoms with Crippen molar-refractivity contribution in [1.82, 2.24) is 19.8 Å². The Hall–Kier alpha value is -2.84. The van der Waals surface area contributed by atoms with E-state index in [0.29, 0.717) is 12.8 Å². The minimum absolute atomic E-state index is 0.0683. The van der Waals surface area contributed by atoms with E-state index in [9.17, 15) is 19.8 Å². The first-order valence-corrected chi connectivity index (χ1v) is 9.84. The van der Waals surface area contributed by atoms with Gasteiger partial charge in [-0.2, -0.15) is 0 Å². The number of carbonyl (C=O) groups is 2. The van der Waals surface area contributed by atoms with E-state index in [1.165, 1.54) is 0 Å². The lowest BCUT2D eigenvalue weighted by molar-refractivity contribution is -0.141. The number of pyridine rings is 2. The molecule has 2 saturated heterocycles. The van der Waals surface area contributed by atoms with Crippen LogP contribution >= 0.6 is 0 Å². The summed E-state index contributed by atoms with van der Waals surface area (Å²) >= 11 is 0. The van der Waals surface area contributed by atoms with E-state index in [1.54, 1.807) is 62.5 Å². The quantitative estimate of drug-likeness (QED) is 0.774. The predicted octanol–water partition coefficient (Wildman–Crippen LogP) is 1.47. The maximum absolute atomic E-state index is 11.7. The Bertz CT molecular complexity index is 826. The lowest BCUT2D eigenvalue weighted by atomic mass is 9.99. The van der Waals surface area contributed by atoms with Crippen molar-refractivity contribution in [2.24, 2.45) is 0 Å². The third-order valence-electron chi connectivity index (χ3n) is 5.82. The number of likely N-dealkylation sites (N-methyl/N-ethyl adjacent to an activating group) is 2. The van der Waals surface area contributed by atoms with Crippen LogP contribution in [0.3, 0.4) is 0 Å².